The molecule has 0 atom stereocenters. The van der Waals surface area contributed by atoms with Crippen LogP contribution in [0.1, 0.15) is 11.1 Å². The fraction of sp³-hybridized carbons (Fsp3) is 0.200. The van der Waals surface area contributed by atoms with E-state index in [2.05, 4.69) is 21.2 Å². The van der Waals surface area contributed by atoms with E-state index in [9.17, 15) is 4.39 Å². The van der Waals surface area contributed by atoms with Gasteiger partial charge in [0.2, 0.25) is 0 Å². The van der Waals surface area contributed by atoms with Crippen molar-refractivity contribution >= 4 is 33.2 Å². The van der Waals surface area contributed by atoms with Crippen molar-refractivity contribution in [3.8, 4) is 5.75 Å². The molecule has 5 heteroatoms. The Hall–Kier alpha value is -1.26. The number of nitrogens with one attached hydrogen (secondary N) is 1. The Bertz CT molecular complexity index is 663. The fourth-order valence-electron chi connectivity index (χ4n) is 2.30. The van der Waals surface area contributed by atoms with E-state index in [4.69, 9.17) is 16.3 Å². The van der Waals surface area contributed by atoms with Crippen molar-refractivity contribution in [2.75, 3.05) is 11.9 Å². The third-order valence-corrected chi connectivity index (χ3v) is 4.13. The van der Waals surface area contributed by atoms with Crippen LogP contribution in [0, 0.1) is 5.82 Å². The molecule has 0 unspecified atom stereocenters. The van der Waals surface area contributed by atoms with Gasteiger partial charge in [0.25, 0.3) is 0 Å². The number of halogens is 3. The molecule has 0 aromatic heterocycles. The topological polar surface area (TPSA) is 21.3 Å². The van der Waals surface area contributed by atoms with Crippen LogP contribution in [-0.4, -0.2) is 6.61 Å². The highest BCUT2D eigenvalue weighted by molar-refractivity contribution is 9.10. The Morgan fingerprint density at radius 1 is 1.30 bits per heavy atom. The first-order valence-corrected chi connectivity index (χ1v) is 7.43. The van der Waals surface area contributed by atoms with E-state index in [1.807, 2.05) is 12.1 Å². The van der Waals surface area contributed by atoms with Crippen molar-refractivity contribution in [1.82, 2.24) is 0 Å². The van der Waals surface area contributed by atoms with E-state index in [1.165, 1.54) is 12.1 Å². The summed E-state index contributed by atoms with van der Waals surface area (Å²) in [5.74, 6) is 0.623. The molecule has 0 radical (unpaired) electrons. The quantitative estimate of drug-likeness (QED) is 0.854. The van der Waals surface area contributed by atoms with Gasteiger partial charge in [-0.3, -0.25) is 0 Å². The lowest BCUT2D eigenvalue weighted by Crippen LogP contribution is -2.02. The molecule has 2 aromatic carbocycles. The summed E-state index contributed by atoms with van der Waals surface area (Å²) in [4.78, 5) is 0. The number of hydrogen-bond donors (Lipinski definition) is 1. The van der Waals surface area contributed by atoms with E-state index >= 15 is 0 Å². The zero-order valence-corrected chi connectivity index (χ0v) is 12.9. The second-order valence-electron chi connectivity index (χ2n) is 4.63. The van der Waals surface area contributed by atoms with Crippen LogP contribution >= 0.6 is 27.5 Å². The number of hydrogen-bond acceptors (Lipinski definition) is 2. The van der Waals surface area contributed by atoms with Gasteiger partial charge in [-0.05, 0) is 51.8 Å². The largest absolute Gasteiger partial charge is 0.493 e. The van der Waals surface area contributed by atoms with E-state index in [-0.39, 0.29) is 5.82 Å². The second-order valence-corrected chi connectivity index (χ2v) is 5.92. The van der Waals surface area contributed by atoms with Crippen LogP contribution < -0.4 is 10.1 Å². The number of ether oxygens (including phenoxy) is 1. The molecule has 1 aliphatic rings. The zero-order chi connectivity index (χ0) is 14.1. The summed E-state index contributed by atoms with van der Waals surface area (Å²) in [6, 6.07) is 8.36. The van der Waals surface area contributed by atoms with Gasteiger partial charge in [0.15, 0.2) is 0 Å². The van der Waals surface area contributed by atoms with Gasteiger partial charge < -0.3 is 10.1 Å². The van der Waals surface area contributed by atoms with Gasteiger partial charge in [0.1, 0.15) is 11.6 Å². The van der Waals surface area contributed by atoms with Gasteiger partial charge in [-0.1, -0.05) is 11.6 Å². The molecule has 1 heterocycles. The van der Waals surface area contributed by atoms with Crippen LogP contribution in [0.3, 0.4) is 0 Å². The van der Waals surface area contributed by atoms with Crippen LogP contribution in [0.4, 0.5) is 10.1 Å². The molecular formula is C15H12BrClFNO. The molecule has 0 amide bonds. The summed E-state index contributed by atoms with van der Waals surface area (Å²) in [5, 5.41) is 3.90. The fourth-order valence-corrected chi connectivity index (χ4v) is 2.95. The Labute approximate surface area is 130 Å². The minimum atomic E-state index is -0.275. The van der Waals surface area contributed by atoms with Crippen molar-refractivity contribution < 1.29 is 9.13 Å². The lowest BCUT2D eigenvalue weighted by molar-refractivity contribution is 0.354. The second kappa shape index (κ2) is 5.62. The maximum atomic E-state index is 13.3. The summed E-state index contributed by atoms with van der Waals surface area (Å²) in [6.07, 6.45) is 0.882. The molecule has 104 valence electrons. The molecule has 0 saturated heterocycles. The van der Waals surface area contributed by atoms with Crippen molar-refractivity contribution in [1.29, 1.82) is 0 Å². The molecule has 0 fully saturated rings. The summed E-state index contributed by atoms with van der Waals surface area (Å²) in [7, 11) is 0. The molecule has 0 spiro atoms. The van der Waals surface area contributed by atoms with Crippen molar-refractivity contribution in [2.24, 2.45) is 0 Å². The lowest BCUT2D eigenvalue weighted by atomic mass is 10.1. The molecule has 0 bridgehead atoms. The average Bonchev–Trinajstić information content (AvgIpc) is 2.87. The van der Waals surface area contributed by atoms with Crippen LogP contribution in [0.5, 0.6) is 5.75 Å². The predicted octanol–water partition coefficient (Wildman–Crippen LogP) is 4.79. The van der Waals surface area contributed by atoms with E-state index in [0.717, 1.165) is 27.8 Å². The molecule has 2 aromatic rings. The minimum Gasteiger partial charge on any atom is -0.493 e. The molecule has 0 aliphatic carbocycles. The Balaban J connectivity index is 1.84. The molecule has 0 saturated carbocycles. The predicted molar refractivity (Wildman–Crippen MR) is 82.1 cm³/mol. The molecule has 1 N–H and O–H groups in total. The summed E-state index contributed by atoms with van der Waals surface area (Å²) in [5.41, 5.74) is 2.82. The van der Waals surface area contributed by atoms with Crippen LogP contribution in [-0.2, 0) is 13.0 Å². The number of fused-ring (bicyclic) bond motifs is 1. The van der Waals surface area contributed by atoms with Gasteiger partial charge in [0.05, 0.1) is 12.3 Å². The first-order valence-electron chi connectivity index (χ1n) is 6.26. The Morgan fingerprint density at radius 2 is 2.15 bits per heavy atom. The van der Waals surface area contributed by atoms with E-state index < -0.39 is 0 Å². The summed E-state index contributed by atoms with van der Waals surface area (Å²) >= 11 is 9.51. The molecule has 1 aliphatic heterocycles. The summed E-state index contributed by atoms with van der Waals surface area (Å²) < 4.78 is 19.7. The highest BCUT2D eigenvalue weighted by atomic mass is 79.9. The number of benzene rings is 2. The van der Waals surface area contributed by atoms with E-state index in [1.54, 1.807) is 6.07 Å². The maximum absolute atomic E-state index is 13.3. The number of rotatable bonds is 3. The van der Waals surface area contributed by atoms with Gasteiger partial charge in [-0.2, -0.15) is 0 Å². The van der Waals surface area contributed by atoms with Gasteiger partial charge in [-0.15, -0.1) is 0 Å². The SMILES string of the molecule is Fc1ccc(Br)c(NCc2cc(Cl)cc3c2OCC3)c1. The number of anilines is 1. The normalized spacial score (nSPS) is 12.9. The Kier molecular flexibility index (Phi) is 3.85. The summed E-state index contributed by atoms with van der Waals surface area (Å²) in [6.45, 7) is 1.22. The molecular weight excluding hydrogens is 345 g/mol. The maximum Gasteiger partial charge on any atom is 0.127 e. The monoisotopic (exact) mass is 355 g/mol. The van der Waals surface area contributed by atoms with Crippen LogP contribution in [0.25, 0.3) is 0 Å². The van der Waals surface area contributed by atoms with Crippen LogP contribution in [0.2, 0.25) is 5.02 Å². The minimum absolute atomic E-state index is 0.275. The molecule has 2 nitrogen and oxygen atoms in total. The first kappa shape index (κ1) is 13.7. The van der Waals surface area contributed by atoms with Gasteiger partial charge in [-0.25, -0.2) is 4.39 Å². The standard InChI is InChI=1S/C15H12BrClFNO/c16-13-2-1-12(18)7-14(13)19-8-10-6-11(17)5-9-3-4-20-15(9)10/h1-2,5-7,19H,3-4,8H2. The highest BCUT2D eigenvalue weighted by Crippen LogP contribution is 2.33. The van der Waals surface area contributed by atoms with E-state index in [0.29, 0.717) is 23.9 Å². The van der Waals surface area contributed by atoms with Crippen molar-refractivity contribution in [3.63, 3.8) is 0 Å². The first-order chi connectivity index (χ1) is 9.63. The van der Waals surface area contributed by atoms with Crippen molar-refractivity contribution in [3.05, 3.63) is 56.8 Å². The van der Waals surface area contributed by atoms with Gasteiger partial charge >= 0.3 is 0 Å². The third kappa shape index (κ3) is 2.76. The van der Waals surface area contributed by atoms with Crippen molar-refractivity contribution in [2.45, 2.75) is 13.0 Å². The Morgan fingerprint density at radius 3 is 3.00 bits per heavy atom. The smallest absolute Gasteiger partial charge is 0.127 e. The third-order valence-electron chi connectivity index (χ3n) is 3.22. The highest BCUT2D eigenvalue weighted by Gasteiger charge is 2.17. The average molecular weight is 357 g/mol. The zero-order valence-electron chi connectivity index (χ0n) is 10.6. The van der Waals surface area contributed by atoms with Gasteiger partial charge in [0, 0.05) is 28.0 Å². The molecule has 20 heavy (non-hydrogen) atoms. The molecule has 3 rings (SSSR count). The lowest BCUT2D eigenvalue weighted by Gasteiger charge is -2.12. The van der Waals surface area contributed by atoms with Crippen LogP contribution in [0.15, 0.2) is 34.8 Å².